The summed E-state index contributed by atoms with van der Waals surface area (Å²) in [5.74, 6) is -0.159. The SMILES string of the molecule is Cc1ccc(S(=O)(=O)N2CCN(C)C(=O)C2)s1. The largest absolute Gasteiger partial charge is 0.343 e. The van der Waals surface area contributed by atoms with Crippen molar-refractivity contribution in [3.63, 3.8) is 0 Å². The third-order valence-electron chi connectivity index (χ3n) is 2.73. The van der Waals surface area contributed by atoms with E-state index in [1.807, 2.05) is 6.92 Å². The van der Waals surface area contributed by atoms with Crippen LogP contribution in [0.1, 0.15) is 4.88 Å². The van der Waals surface area contributed by atoms with Crippen molar-refractivity contribution in [1.82, 2.24) is 9.21 Å². The van der Waals surface area contributed by atoms with Crippen LogP contribution in [0, 0.1) is 6.92 Å². The molecule has 0 bridgehead atoms. The van der Waals surface area contributed by atoms with Crippen molar-refractivity contribution < 1.29 is 13.2 Å². The summed E-state index contributed by atoms with van der Waals surface area (Å²) in [7, 11) is -1.81. The van der Waals surface area contributed by atoms with Gasteiger partial charge in [-0.25, -0.2) is 8.42 Å². The number of nitrogens with zero attached hydrogens (tertiary/aromatic N) is 2. The third-order valence-corrected chi connectivity index (χ3v) is 6.05. The van der Waals surface area contributed by atoms with Gasteiger partial charge in [0.25, 0.3) is 10.0 Å². The Morgan fingerprint density at radius 1 is 1.29 bits per heavy atom. The minimum Gasteiger partial charge on any atom is -0.343 e. The lowest BCUT2D eigenvalue weighted by Gasteiger charge is -2.30. The first-order chi connectivity index (χ1) is 7.91. The summed E-state index contributed by atoms with van der Waals surface area (Å²) in [4.78, 5) is 14.0. The van der Waals surface area contributed by atoms with Gasteiger partial charge in [0.1, 0.15) is 4.21 Å². The molecule has 2 heterocycles. The maximum absolute atomic E-state index is 12.2. The molecule has 7 heteroatoms. The van der Waals surface area contributed by atoms with Gasteiger partial charge in [0, 0.05) is 25.0 Å². The van der Waals surface area contributed by atoms with Gasteiger partial charge in [-0.05, 0) is 19.1 Å². The highest BCUT2D eigenvalue weighted by atomic mass is 32.2. The smallest absolute Gasteiger partial charge is 0.253 e. The molecule has 0 N–H and O–H groups in total. The summed E-state index contributed by atoms with van der Waals surface area (Å²) < 4.78 is 26.0. The number of piperazine rings is 1. The van der Waals surface area contributed by atoms with Crippen molar-refractivity contribution in [2.24, 2.45) is 0 Å². The normalized spacial score (nSPS) is 18.7. The Morgan fingerprint density at radius 2 is 2.00 bits per heavy atom. The molecule has 1 aromatic heterocycles. The van der Waals surface area contributed by atoms with Gasteiger partial charge in [-0.2, -0.15) is 4.31 Å². The number of carbonyl (C=O) groups excluding carboxylic acids is 1. The van der Waals surface area contributed by atoms with Gasteiger partial charge in [0.05, 0.1) is 6.54 Å². The number of hydrogen-bond acceptors (Lipinski definition) is 4. The van der Waals surface area contributed by atoms with E-state index < -0.39 is 10.0 Å². The summed E-state index contributed by atoms with van der Waals surface area (Å²) in [6, 6.07) is 3.37. The molecule has 0 unspecified atom stereocenters. The molecule has 0 radical (unpaired) electrons. The highest BCUT2D eigenvalue weighted by Gasteiger charge is 2.32. The highest BCUT2D eigenvalue weighted by Crippen LogP contribution is 2.25. The number of aryl methyl sites for hydroxylation is 1. The lowest BCUT2D eigenvalue weighted by molar-refractivity contribution is -0.132. The maximum Gasteiger partial charge on any atom is 0.253 e. The van der Waals surface area contributed by atoms with E-state index in [0.29, 0.717) is 17.3 Å². The summed E-state index contributed by atoms with van der Waals surface area (Å²) in [5, 5.41) is 0. The summed E-state index contributed by atoms with van der Waals surface area (Å²) >= 11 is 1.24. The van der Waals surface area contributed by atoms with Crippen LogP contribution in [-0.4, -0.2) is 50.2 Å². The first-order valence-electron chi connectivity index (χ1n) is 5.22. The van der Waals surface area contributed by atoms with Crippen LogP contribution in [0.2, 0.25) is 0 Å². The first kappa shape index (κ1) is 12.5. The highest BCUT2D eigenvalue weighted by molar-refractivity contribution is 7.91. The van der Waals surface area contributed by atoms with E-state index in [-0.39, 0.29) is 12.5 Å². The number of likely N-dealkylation sites (N-methyl/N-ethyl adjacent to an activating group) is 1. The van der Waals surface area contributed by atoms with E-state index in [4.69, 9.17) is 0 Å². The van der Waals surface area contributed by atoms with Crippen LogP contribution in [0.25, 0.3) is 0 Å². The summed E-state index contributed by atoms with van der Waals surface area (Å²) in [5.41, 5.74) is 0. The van der Waals surface area contributed by atoms with Crippen molar-refractivity contribution in [2.45, 2.75) is 11.1 Å². The Labute approximate surface area is 105 Å². The molecule has 5 nitrogen and oxygen atoms in total. The molecule has 1 aliphatic heterocycles. The van der Waals surface area contributed by atoms with Crippen LogP contribution in [0.5, 0.6) is 0 Å². The lowest BCUT2D eigenvalue weighted by Crippen LogP contribution is -2.50. The van der Waals surface area contributed by atoms with Crippen molar-refractivity contribution in [3.8, 4) is 0 Å². The number of rotatable bonds is 2. The fourth-order valence-corrected chi connectivity index (χ4v) is 4.44. The van der Waals surface area contributed by atoms with Crippen LogP contribution < -0.4 is 0 Å². The number of thiophene rings is 1. The second-order valence-corrected chi connectivity index (χ2v) is 7.47. The van der Waals surface area contributed by atoms with Gasteiger partial charge in [-0.3, -0.25) is 4.79 Å². The molecule has 1 saturated heterocycles. The molecule has 1 aliphatic rings. The van der Waals surface area contributed by atoms with Crippen molar-refractivity contribution in [3.05, 3.63) is 17.0 Å². The fraction of sp³-hybridized carbons (Fsp3) is 0.500. The zero-order valence-electron chi connectivity index (χ0n) is 9.71. The third kappa shape index (κ3) is 2.36. The molecular weight excluding hydrogens is 260 g/mol. The van der Waals surface area contributed by atoms with Crippen molar-refractivity contribution >= 4 is 27.3 Å². The molecule has 17 heavy (non-hydrogen) atoms. The Balaban J connectivity index is 2.25. The number of carbonyl (C=O) groups is 1. The molecule has 2 rings (SSSR count). The van der Waals surface area contributed by atoms with Gasteiger partial charge < -0.3 is 4.90 Å². The molecule has 1 aromatic rings. The lowest BCUT2D eigenvalue weighted by atomic mass is 10.4. The standard InChI is InChI=1S/C10H14N2O3S2/c1-8-3-4-10(16-8)17(14,15)12-6-5-11(2)9(13)7-12/h3-4H,5-7H2,1-2H3. The maximum atomic E-state index is 12.2. The van der Waals surface area contributed by atoms with E-state index in [2.05, 4.69) is 0 Å². The van der Waals surface area contributed by atoms with E-state index in [9.17, 15) is 13.2 Å². The first-order valence-corrected chi connectivity index (χ1v) is 7.47. The molecule has 0 aliphatic carbocycles. The van der Waals surface area contributed by atoms with Gasteiger partial charge in [0.15, 0.2) is 0 Å². The van der Waals surface area contributed by atoms with E-state index in [1.165, 1.54) is 15.6 Å². The van der Waals surface area contributed by atoms with Crippen LogP contribution in [0.15, 0.2) is 16.3 Å². The molecule has 1 amide bonds. The minimum atomic E-state index is -3.49. The predicted molar refractivity (Wildman–Crippen MR) is 65.5 cm³/mol. The van der Waals surface area contributed by atoms with E-state index in [0.717, 1.165) is 4.88 Å². The Kier molecular flexibility index (Phi) is 3.24. The molecule has 94 valence electrons. The number of sulfonamides is 1. The second kappa shape index (κ2) is 4.40. The average molecular weight is 274 g/mol. The van der Waals surface area contributed by atoms with Gasteiger partial charge in [-0.15, -0.1) is 11.3 Å². The van der Waals surface area contributed by atoms with Gasteiger partial charge in [0.2, 0.25) is 5.91 Å². The van der Waals surface area contributed by atoms with Gasteiger partial charge >= 0.3 is 0 Å². The molecule has 0 atom stereocenters. The van der Waals surface area contributed by atoms with Crippen LogP contribution in [0.3, 0.4) is 0 Å². The zero-order valence-corrected chi connectivity index (χ0v) is 11.3. The van der Waals surface area contributed by atoms with Gasteiger partial charge in [-0.1, -0.05) is 0 Å². The Morgan fingerprint density at radius 3 is 2.53 bits per heavy atom. The quantitative estimate of drug-likeness (QED) is 0.790. The second-order valence-electron chi connectivity index (χ2n) is 4.02. The van der Waals surface area contributed by atoms with Crippen molar-refractivity contribution in [1.29, 1.82) is 0 Å². The van der Waals surface area contributed by atoms with E-state index in [1.54, 1.807) is 24.1 Å². The molecule has 0 spiro atoms. The van der Waals surface area contributed by atoms with E-state index >= 15 is 0 Å². The van der Waals surface area contributed by atoms with Crippen LogP contribution >= 0.6 is 11.3 Å². The molecular formula is C10H14N2O3S2. The average Bonchev–Trinajstić information content (AvgIpc) is 2.69. The fourth-order valence-electron chi connectivity index (χ4n) is 1.62. The topological polar surface area (TPSA) is 57.7 Å². The number of hydrogen-bond donors (Lipinski definition) is 0. The summed E-state index contributed by atoms with van der Waals surface area (Å²) in [6.07, 6.45) is 0. The Bertz CT molecular complexity index is 536. The molecule has 0 saturated carbocycles. The Hall–Kier alpha value is -0.920. The predicted octanol–water partition coefficient (Wildman–Crippen LogP) is 0.519. The molecule has 1 fully saturated rings. The van der Waals surface area contributed by atoms with Crippen molar-refractivity contribution in [2.75, 3.05) is 26.7 Å². The molecule has 0 aromatic carbocycles. The minimum absolute atomic E-state index is 0.0597. The van der Waals surface area contributed by atoms with Crippen LogP contribution in [-0.2, 0) is 14.8 Å². The monoisotopic (exact) mass is 274 g/mol. The zero-order chi connectivity index (χ0) is 12.6. The summed E-state index contributed by atoms with van der Waals surface area (Å²) in [6.45, 7) is 2.61. The number of amides is 1. The van der Waals surface area contributed by atoms with Crippen LogP contribution in [0.4, 0.5) is 0 Å².